The molecule has 0 atom stereocenters. The van der Waals surface area contributed by atoms with Gasteiger partial charge in [-0.05, 0) is 13.0 Å². The Morgan fingerprint density at radius 3 is 3.23 bits per heavy atom. The Labute approximate surface area is 75.4 Å². The van der Waals surface area contributed by atoms with Gasteiger partial charge in [0.15, 0.2) is 0 Å². The lowest BCUT2D eigenvalue weighted by atomic mass is 10.1. The molecule has 1 N–H and O–H groups in total. The second-order valence-corrected chi connectivity index (χ2v) is 2.34. The van der Waals surface area contributed by atoms with Gasteiger partial charge < -0.3 is 9.94 Å². The monoisotopic (exact) mass is 182 g/mol. The van der Waals surface area contributed by atoms with Crippen LogP contribution < -0.4 is 0 Å². The fourth-order valence-corrected chi connectivity index (χ4v) is 0.928. The fraction of sp³-hybridized carbons (Fsp3) is 0.375. The third-order valence-electron chi connectivity index (χ3n) is 1.51. The molecule has 0 amide bonds. The maximum absolute atomic E-state index is 11.2. The van der Waals surface area contributed by atoms with Gasteiger partial charge >= 0.3 is 5.97 Å². The van der Waals surface area contributed by atoms with E-state index in [1.165, 1.54) is 12.3 Å². The van der Waals surface area contributed by atoms with Crippen LogP contribution in [-0.4, -0.2) is 36.3 Å². The highest BCUT2D eigenvalue weighted by molar-refractivity contribution is 6.23. The van der Waals surface area contributed by atoms with E-state index in [1.807, 2.05) is 0 Å². The van der Waals surface area contributed by atoms with Crippen LogP contribution in [0.1, 0.15) is 6.92 Å². The van der Waals surface area contributed by atoms with Crippen LogP contribution in [0.2, 0.25) is 0 Å². The number of hydrogen-bond acceptors (Lipinski definition) is 5. The van der Waals surface area contributed by atoms with Gasteiger partial charge in [-0.15, -0.1) is 0 Å². The topological polar surface area (TPSA) is 71.2 Å². The zero-order chi connectivity index (χ0) is 9.68. The summed E-state index contributed by atoms with van der Waals surface area (Å²) < 4.78 is 4.75. The van der Waals surface area contributed by atoms with Crippen LogP contribution in [0.5, 0.6) is 0 Å². The van der Waals surface area contributed by atoms with E-state index in [0.717, 1.165) is 0 Å². The molecule has 1 aliphatic rings. The molecule has 0 aliphatic carbocycles. The zero-order valence-electron chi connectivity index (χ0n) is 7.23. The number of rotatable bonds is 2. The molecule has 70 valence electrons. The lowest BCUT2D eigenvalue weighted by Crippen LogP contribution is -2.20. The van der Waals surface area contributed by atoms with Crippen LogP contribution in [0.15, 0.2) is 21.8 Å². The number of dihydropyridines is 1. The first-order valence-corrected chi connectivity index (χ1v) is 3.88. The summed E-state index contributed by atoms with van der Waals surface area (Å²) in [5.74, 6) is -0.485. The zero-order valence-corrected chi connectivity index (χ0v) is 7.23. The molecule has 0 aromatic heterocycles. The highest BCUT2D eigenvalue weighted by Crippen LogP contribution is 2.05. The van der Waals surface area contributed by atoms with Crippen molar-refractivity contribution in [2.45, 2.75) is 6.92 Å². The number of aliphatic imine (C=N–C) groups is 1. The molecule has 5 nitrogen and oxygen atoms in total. The van der Waals surface area contributed by atoms with E-state index in [2.05, 4.69) is 10.1 Å². The third kappa shape index (κ3) is 2.14. The molecule has 0 spiro atoms. The Balaban J connectivity index is 2.81. The van der Waals surface area contributed by atoms with Crippen molar-refractivity contribution < 1.29 is 14.7 Å². The van der Waals surface area contributed by atoms with Gasteiger partial charge in [-0.3, -0.25) is 4.99 Å². The van der Waals surface area contributed by atoms with Crippen molar-refractivity contribution in [3.8, 4) is 0 Å². The van der Waals surface area contributed by atoms with Crippen LogP contribution in [0.25, 0.3) is 0 Å². The maximum Gasteiger partial charge on any atom is 0.340 e. The predicted octanol–water partition coefficient (Wildman–Crippen LogP) is 0.391. The van der Waals surface area contributed by atoms with Gasteiger partial charge in [0.25, 0.3) is 0 Å². The number of carbonyl (C=O) groups is 1. The van der Waals surface area contributed by atoms with Crippen LogP contribution in [-0.2, 0) is 9.53 Å². The number of nitrogens with zero attached hydrogens (tertiary/aromatic N) is 2. The summed E-state index contributed by atoms with van der Waals surface area (Å²) in [7, 11) is 0. The van der Waals surface area contributed by atoms with E-state index in [0.29, 0.717) is 6.61 Å². The number of allylic oxidation sites excluding steroid dienone is 1. The van der Waals surface area contributed by atoms with Crippen LogP contribution in [0, 0.1) is 0 Å². The van der Waals surface area contributed by atoms with Gasteiger partial charge in [0.1, 0.15) is 5.71 Å². The lowest BCUT2D eigenvalue weighted by Gasteiger charge is -2.08. The molecule has 1 aliphatic heterocycles. The molecule has 0 saturated heterocycles. The van der Waals surface area contributed by atoms with E-state index in [4.69, 9.17) is 9.94 Å². The van der Waals surface area contributed by atoms with Gasteiger partial charge in [0.2, 0.25) is 0 Å². The minimum absolute atomic E-state index is 0.209. The van der Waals surface area contributed by atoms with E-state index in [1.54, 1.807) is 6.92 Å². The van der Waals surface area contributed by atoms with Gasteiger partial charge in [0, 0.05) is 6.21 Å². The molecule has 0 bridgehead atoms. The van der Waals surface area contributed by atoms with Crippen molar-refractivity contribution in [1.82, 2.24) is 0 Å². The molecular weight excluding hydrogens is 172 g/mol. The van der Waals surface area contributed by atoms with Gasteiger partial charge in [0.05, 0.1) is 18.7 Å². The molecule has 0 radical (unpaired) electrons. The summed E-state index contributed by atoms with van der Waals surface area (Å²) in [5.41, 5.74) is 0.500. The van der Waals surface area contributed by atoms with Crippen molar-refractivity contribution in [3.05, 3.63) is 11.6 Å². The summed E-state index contributed by atoms with van der Waals surface area (Å²) in [5, 5.41) is 11.5. The molecule has 0 aromatic rings. The molecule has 0 saturated carbocycles. The number of ether oxygens (including phenoxy) is 1. The Morgan fingerprint density at radius 2 is 2.62 bits per heavy atom. The first-order chi connectivity index (χ1) is 6.29. The molecule has 13 heavy (non-hydrogen) atoms. The minimum Gasteiger partial charge on any atom is -0.462 e. The average Bonchev–Trinajstić information content (AvgIpc) is 2.18. The summed E-state index contributed by atoms with van der Waals surface area (Å²) in [6.07, 6.45) is 2.96. The SMILES string of the molecule is CCOC(=O)C1=CC=NCC1=NO. The molecular formula is C8H10N2O3. The van der Waals surface area contributed by atoms with Crippen molar-refractivity contribution in [1.29, 1.82) is 0 Å². The van der Waals surface area contributed by atoms with Crippen molar-refractivity contribution in [3.63, 3.8) is 0 Å². The van der Waals surface area contributed by atoms with Crippen molar-refractivity contribution in [2.75, 3.05) is 13.2 Å². The molecule has 5 heteroatoms. The number of carbonyl (C=O) groups excluding carboxylic acids is 1. The second-order valence-electron chi connectivity index (χ2n) is 2.34. The van der Waals surface area contributed by atoms with Gasteiger partial charge in [-0.25, -0.2) is 4.79 Å². The summed E-state index contributed by atoms with van der Waals surface area (Å²) >= 11 is 0. The van der Waals surface area contributed by atoms with E-state index >= 15 is 0 Å². The van der Waals surface area contributed by atoms with Crippen LogP contribution in [0.4, 0.5) is 0 Å². The summed E-state index contributed by atoms with van der Waals surface area (Å²) in [6, 6.07) is 0. The normalized spacial score (nSPS) is 18.5. The quantitative estimate of drug-likeness (QED) is 0.381. The molecule has 0 aromatic carbocycles. The largest absolute Gasteiger partial charge is 0.462 e. The standard InChI is InChI=1S/C8H10N2O3/c1-2-13-8(11)6-3-4-9-5-7(6)10-12/h3-4,12H,2,5H2,1H3. The number of hydrogen-bond donors (Lipinski definition) is 1. The summed E-state index contributed by atoms with van der Waals surface area (Å²) in [6.45, 7) is 2.22. The van der Waals surface area contributed by atoms with Crippen molar-refractivity contribution in [2.24, 2.45) is 10.1 Å². The molecule has 1 rings (SSSR count). The molecule has 0 fully saturated rings. The summed E-state index contributed by atoms with van der Waals surface area (Å²) in [4.78, 5) is 15.0. The molecule has 0 unspecified atom stereocenters. The Bertz CT molecular complexity index is 292. The first-order valence-electron chi connectivity index (χ1n) is 3.88. The second kappa shape index (κ2) is 4.39. The number of esters is 1. The Hall–Kier alpha value is -1.65. The van der Waals surface area contributed by atoms with Gasteiger partial charge in [-0.1, -0.05) is 5.16 Å². The number of oxime groups is 1. The highest BCUT2D eigenvalue weighted by atomic mass is 16.5. The van der Waals surface area contributed by atoms with Crippen LogP contribution in [0.3, 0.4) is 0 Å². The Kier molecular flexibility index (Phi) is 3.19. The Morgan fingerprint density at radius 1 is 1.85 bits per heavy atom. The highest BCUT2D eigenvalue weighted by Gasteiger charge is 2.18. The fourth-order valence-electron chi connectivity index (χ4n) is 0.928. The van der Waals surface area contributed by atoms with Crippen LogP contribution >= 0.6 is 0 Å². The minimum atomic E-state index is -0.485. The first kappa shape index (κ1) is 9.44. The van der Waals surface area contributed by atoms with Gasteiger partial charge in [-0.2, -0.15) is 0 Å². The lowest BCUT2D eigenvalue weighted by molar-refractivity contribution is -0.137. The molecule has 1 heterocycles. The van der Waals surface area contributed by atoms with E-state index in [9.17, 15) is 4.79 Å². The average molecular weight is 182 g/mol. The van der Waals surface area contributed by atoms with E-state index in [-0.39, 0.29) is 17.8 Å². The maximum atomic E-state index is 11.2. The third-order valence-corrected chi connectivity index (χ3v) is 1.51. The smallest absolute Gasteiger partial charge is 0.340 e. The van der Waals surface area contributed by atoms with Crippen molar-refractivity contribution >= 4 is 17.9 Å². The predicted molar refractivity (Wildman–Crippen MR) is 47.3 cm³/mol. The van der Waals surface area contributed by atoms with E-state index < -0.39 is 5.97 Å².